The zero-order chi connectivity index (χ0) is 14.0. The topological polar surface area (TPSA) is 46.6 Å². The molecule has 4 heteroatoms. The third kappa shape index (κ3) is 2.78. The number of hydrogen-bond donors (Lipinski definition) is 0. The summed E-state index contributed by atoms with van der Waals surface area (Å²) in [6.45, 7) is 4.86. The molecule has 0 aliphatic carbocycles. The number of ketones is 1. The summed E-state index contributed by atoms with van der Waals surface area (Å²) in [7, 11) is 1.37. The number of hydrogen-bond acceptors (Lipinski definition) is 4. The Hall–Kier alpha value is -1.84. The monoisotopic (exact) mass is 261 g/mol. The summed E-state index contributed by atoms with van der Waals surface area (Å²) in [5, 5.41) is 0. The number of benzene rings is 1. The minimum absolute atomic E-state index is 0.178. The highest BCUT2D eigenvalue weighted by Crippen LogP contribution is 2.31. The zero-order valence-electron chi connectivity index (χ0n) is 11.6. The molecule has 0 N–H and O–H groups in total. The minimum atomic E-state index is -0.334. The van der Waals surface area contributed by atoms with Crippen LogP contribution in [0.3, 0.4) is 0 Å². The fourth-order valence-corrected chi connectivity index (χ4v) is 2.58. The molecule has 1 fully saturated rings. The van der Waals surface area contributed by atoms with Crippen molar-refractivity contribution in [3.05, 3.63) is 29.8 Å². The lowest BCUT2D eigenvalue weighted by molar-refractivity contribution is -0.121. The van der Waals surface area contributed by atoms with E-state index in [0.29, 0.717) is 24.2 Å². The van der Waals surface area contributed by atoms with Gasteiger partial charge < -0.3 is 9.64 Å². The Bertz CT molecular complexity index is 491. The summed E-state index contributed by atoms with van der Waals surface area (Å²) in [5.74, 6) is -0.0212. The van der Waals surface area contributed by atoms with Gasteiger partial charge in [0.05, 0.1) is 12.7 Å². The molecule has 0 atom stereocenters. The van der Waals surface area contributed by atoms with Gasteiger partial charge in [0.1, 0.15) is 5.78 Å². The minimum Gasteiger partial charge on any atom is -0.465 e. The third-order valence-corrected chi connectivity index (χ3v) is 3.57. The summed E-state index contributed by atoms with van der Waals surface area (Å²) >= 11 is 0. The quantitative estimate of drug-likeness (QED) is 0.767. The van der Waals surface area contributed by atoms with E-state index in [4.69, 9.17) is 0 Å². The van der Waals surface area contributed by atoms with Crippen molar-refractivity contribution in [3.63, 3.8) is 0 Å². The lowest BCUT2D eigenvalue weighted by atomic mass is 9.89. The maximum atomic E-state index is 11.5. The second-order valence-electron chi connectivity index (χ2n) is 5.47. The van der Waals surface area contributed by atoms with Gasteiger partial charge in [0.15, 0.2) is 0 Å². The second kappa shape index (κ2) is 5.03. The summed E-state index contributed by atoms with van der Waals surface area (Å²) in [5.41, 5.74) is 1.39. The van der Waals surface area contributed by atoms with Crippen LogP contribution in [0.5, 0.6) is 0 Å². The number of carbonyl (C=O) groups is 2. The van der Waals surface area contributed by atoms with Crippen molar-refractivity contribution in [1.82, 2.24) is 0 Å². The van der Waals surface area contributed by atoms with E-state index in [0.717, 1.165) is 12.2 Å². The summed E-state index contributed by atoms with van der Waals surface area (Å²) < 4.78 is 4.68. The van der Waals surface area contributed by atoms with Crippen LogP contribution >= 0.6 is 0 Å². The maximum absolute atomic E-state index is 11.5. The van der Waals surface area contributed by atoms with E-state index < -0.39 is 0 Å². The highest BCUT2D eigenvalue weighted by Gasteiger charge is 2.33. The molecule has 0 bridgehead atoms. The molecule has 1 aromatic rings. The predicted molar refractivity (Wildman–Crippen MR) is 73.4 cm³/mol. The SMILES string of the molecule is COC(=O)c1ccc(N2CCC(=O)CC2(C)C)cc1. The molecule has 1 heterocycles. The second-order valence-corrected chi connectivity index (χ2v) is 5.47. The largest absolute Gasteiger partial charge is 0.465 e. The number of Topliss-reactive ketones (excluding diaryl/α,β-unsaturated/α-hetero) is 1. The first-order valence-corrected chi connectivity index (χ1v) is 6.42. The van der Waals surface area contributed by atoms with Gasteiger partial charge in [0, 0.05) is 30.6 Å². The molecule has 0 saturated carbocycles. The van der Waals surface area contributed by atoms with Crippen LogP contribution in [-0.4, -0.2) is 30.9 Å². The Morgan fingerprint density at radius 1 is 1.26 bits per heavy atom. The number of piperidine rings is 1. The molecule has 1 saturated heterocycles. The van der Waals surface area contributed by atoms with Crippen LogP contribution in [-0.2, 0) is 9.53 Å². The van der Waals surface area contributed by atoms with Crippen LogP contribution in [0.4, 0.5) is 5.69 Å². The van der Waals surface area contributed by atoms with Crippen molar-refractivity contribution < 1.29 is 14.3 Å². The lowest BCUT2D eigenvalue weighted by Crippen LogP contribution is -2.50. The van der Waals surface area contributed by atoms with E-state index in [2.05, 4.69) is 23.5 Å². The smallest absolute Gasteiger partial charge is 0.337 e. The summed E-state index contributed by atoms with van der Waals surface area (Å²) in [6.07, 6.45) is 1.15. The van der Waals surface area contributed by atoms with Crippen molar-refractivity contribution in [1.29, 1.82) is 0 Å². The average molecular weight is 261 g/mol. The average Bonchev–Trinajstić information content (AvgIpc) is 2.37. The van der Waals surface area contributed by atoms with Gasteiger partial charge in [-0.2, -0.15) is 0 Å². The standard InChI is InChI=1S/C15H19NO3/c1-15(2)10-13(17)8-9-16(15)12-6-4-11(5-7-12)14(18)19-3/h4-7H,8-10H2,1-3H3. The number of nitrogens with zero attached hydrogens (tertiary/aromatic N) is 1. The van der Waals surface area contributed by atoms with Gasteiger partial charge in [-0.1, -0.05) is 0 Å². The van der Waals surface area contributed by atoms with Crippen LogP contribution in [0.25, 0.3) is 0 Å². The number of carbonyl (C=O) groups excluding carboxylic acids is 2. The predicted octanol–water partition coefficient (Wildman–Crippen LogP) is 2.42. The molecule has 2 rings (SSSR count). The molecule has 1 aromatic carbocycles. The summed E-state index contributed by atoms with van der Waals surface area (Å²) in [6, 6.07) is 7.33. The van der Waals surface area contributed by atoms with Crippen LogP contribution in [0.15, 0.2) is 24.3 Å². The molecule has 0 aromatic heterocycles. The van der Waals surface area contributed by atoms with Crippen molar-refractivity contribution in [3.8, 4) is 0 Å². The normalized spacial score (nSPS) is 18.3. The lowest BCUT2D eigenvalue weighted by Gasteiger charge is -2.43. The summed E-state index contributed by atoms with van der Waals surface area (Å²) in [4.78, 5) is 25.2. The van der Waals surface area contributed by atoms with Gasteiger partial charge in [-0.3, -0.25) is 4.79 Å². The molecule has 1 aliphatic heterocycles. The molecule has 0 unspecified atom stereocenters. The number of ether oxygens (including phenoxy) is 1. The Balaban J connectivity index is 2.22. The fraction of sp³-hybridized carbons (Fsp3) is 0.467. The first-order chi connectivity index (χ1) is 8.94. The Labute approximate surface area is 113 Å². The van der Waals surface area contributed by atoms with E-state index in [1.165, 1.54) is 7.11 Å². The first-order valence-electron chi connectivity index (χ1n) is 6.42. The van der Waals surface area contributed by atoms with Crippen molar-refractivity contribution in [2.75, 3.05) is 18.6 Å². The molecule has 0 spiro atoms. The Morgan fingerprint density at radius 2 is 1.89 bits per heavy atom. The van der Waals surface area contributed by atoms with E-state index in [1.54, 1.807) is 12.1 Å². The molecule has 1 aliphatic rings. The van der Waals surface area contributed by atoms with Gasteiger partial charge in [-0.15, -0.1) is 0 Å². The number of anilines is 1. The van der Waals surface area contributed by atoms with Crippen LogP contribution < -0.4 is 4.90 Å². The molecular weight excluding hydrogens is 242 g/mol. The molecule has 4 nitrogen and oxygen atoms in total. The highest BCUT2D eigenvalue weighted by atomic mass is 16.5. The van der Waals surface area contributed by atoms with Gasteiger partial charge in [-0.05, 0) is 38.1 Å². The Kier molecular flexibility index (Phi) is 3.60. The molecule has 102 valence electrons. The van der Waals surface area contributed by atoms with E-state index >= 15 is 0 Å². The van der Waals surface area contributed by atoms with Crippen LogP contribution in [0.1, 0.15) is 37.0 Å². The van der Waals surface area contributed by atoms with Gasteiger partial charge in [0.25, 0.3) is 0 Å². The molecule has 0 radical (unpaired) electrons. The number of rotatable bonds is 2. The molecule has 19 heavy (non-hydrogen) atoms. The van der Waals surface area contributed by atoms with E-state index in [-0.39, 0.29) is 11.5 Å². The zero-order valence-corrected chi connectivity index (χ0v) is 11.6. The molecule has 0 amide bonds. The first kappa shape index (κ1) is 13.6. The third-order valence-electron chi connectivity index (χ3n) is 3.57. The van der Waals surface area contributed by atoms with Crippen molar-refractivity contribution >= 4 is 17.4 Å². The van der Waals surface area contributed by atoms with Crippen LogP contribution in [0, 0.1) is 0 Å². The maximum Gasteiger partial charge on any atom is 0.337 e. The van der Waals surface area contributed by atoms with E-state index in [1.807, 2.05) is 12.1 Å². The van der Waals surface area contributed by atoms with Gasteiger partial charge in [0.2, 0.25) is 0 Å². The Morgan fingerprint density at radius 3 is 2.42 bits per heavy atom. The van der Waals surface area contributed by atoms with Crippen molar-refractivity contribution in [2.24, 2.45) is 0 Å². The van der Waals surface area contributed by atoms with E-state index in [9.17, 15) is 9.59 Å². The highest BCUT2D eigenvalue weighted by molar-refractivity contribution is 5.90. The van der Waals surface area contributed by atoms with Gasteiger partial charge in [-0.25, -0.2) is 4.79 Å². The molecular formula is C15H19NO3. The van der Waals surface area contributed by atoms with Crippen LogP contribution in [0.2, 0.25) is 0 Å². The fourth-order valence-electron chi connectivity index (χ4n) is 2.58. The van der Waals surface area contributed by atoms with Crippen molar-refractivity contribution in [2.45, 2.75) is 32.2 Å². The number of methoxy groups -OCH3 is 1. The number of esters is 1. The van der Waals surface area contributed by atoms with Gasteiger partial charge >= 0.3 is 5.97 Å².